The summed E-state index contributed by atoms with van der Waals surface area (Å²) in [5.74, 6) is 0.857. The molecule has 92 valence electrons. The lowest BCUT2D eigenvalue weighted by atomic mass is 9.97. The van der Waals surface area contributed by atoms with Gasteiger partial charge in [0.15, 0.2) is 0 Å². The van der Waals surface area contributed by atoms with E-state index in [0.29, 0.717) is 0 Å². The summed E-state index contributed by atoms with van der Waals surface area (Å²) in [7, 11) is 2.16. The highest BCUT2D eigenvalue weighted by molar-refractivity contribution is 5.85. The summed E-state index contributed by atoms with van der Waals surface area (Å²) in [5, 5.41) is 12.6. The predicted molar refractivity (Wildman–Crippen MR) is 66.6 cm³/mol. The highest BCUT2D eigenvalue weighted by atomic mass is 35.5. The van der Waals surface area contributed by atoms with Gasteiger partial charge in [0.1, 0.15) is 0 Å². The first-order chi connectivity index (χ1) is 6.68. The van der Waals surface area contributed by atoms with Crippen LogP contribution < -0.4 is 5.32 Å². The van der Waals surface area contributed by atoms with Gasteiger partial charge in [-0.3, -0.25) is 0 Å². The quantitative estimate of drug-likeness (QED) is 0.751. The molecule has 1 aliphatic heterocycles. The molecule has 1 aliphatic rings. The van der Waals surface area contributed by atoms with Gasteiger partial charge in [-0.25, -0.2) is 0 Å². The van der Waals surface area contributed by atoms with Crippen LogP contribution in [0.1, 0.15) is 26.2 Å². The first-order valence-electron chi connectivity index (χ1n) is 5.76. The van der Waals surface area contributed by atoms with Crippen molar-refractivity contribution in [3.8, 4) is 0 Å². The monoisotopic (exact) mass is 236 g/mol. The Bertz CT molecular complexity index is 150. The number of nitrogens with zero attached hydrogens (tertiary/aromatic N) is 1. The van der Waals surface area contributed by atoms with Gasteiger partial charge in [-0.2, -0.15) is 0 Å². The lowest BCUT2D eigenvalue weighted by molar-refractivity contribution is 0.155. The number of halogens is 1. The number of nitrogens with one attached hydrogen (secondary N) is 1. The maximum atomic E-state index is 9.17. The van der Waals surface area contributed by atoms with E-state index >= 15 is 0 Å². The topological polar surface area (TPSA) is 35.5 Å². The van der Waals surface area contributed by atoms with Crippen LogP contribution in [-0.4, -0.2) is 49.3 Å². The van der Waals surface area contributed by atoms with Crippen molar-refractivity contribution in [1.29, 1.82) is 0 Å². The molecule has 0 aromatic rings. The zero-order chi connectivity index (χ0) is 10.4. The number of aliphatic hydroxyl groups is 1. The van der Waals surface area contributed by atoms with Crippen LogP contribution >= 0.6 is 12.4 Å². The molecule has 15 heavy (non-hydrogen) atoms. The van der Waals surface area contributed by atoms with Gasteiger partial charge in [-0.1, -0.05) is 0 Å². The molecule has 0 aliphatic carbocycles. The van der Waals surface area contributed by atoms with E-state index in [0.717, 1.165) is 18.9 Å². The highest BCUT2D eigenvalue weighted by Gasteiger charge is 2.14. The average molecular weight is 237 g/mol. The van der Waals surface area contributed by atoms with Crippen LogP contribution in [0.5, 0.6) is 0 Å². The Kier molecular flexibility index (Phi) is 8.43. The van der Waals surface area contributed by atoms with Gasteiger partial charge in [-0.15, -0.1) is 12.4 Å². The molecule has 0 amide bonds. The van der Waals surface area contributed by atoms with Crippen LogP contribution in [0.25, 0.3) is 0 Å². The Labute approximate surface area is 99.6 Å². The Morgan fingerprint density at radius 1 is 1.40 bits per heavy atom. The molecular formula is C11H25ClN2O. The molecule has 1 atom stereocenters. The van der Waals surface area contributed by atoms with Gasteiger partial charge < -0.3 is 15.3 Å². The molecule has 4 heteroatoms. The lowest BCUT2D eigenvalue weighted by Gasteiger charge is -2.27. The van der Waals surface area contributed by atoms with Gasteiger partial charge in [0, 0.05) is 13.1 Å². The van der Waals surface area contributed by atoms with Crippen molar-refractivity contribution in [2.24, 2.45) is 5.92 Å². The molecule has 1 heterocycles. The molecule has 0 aromatic heterocycles. The maximum absolute atomic E-state index is 9.17. The van der Waals surface area contributed by atoms with Gasteiger partial charge in [0.2, 0.25) is 0 Å². The summed E-state index contributed by atoms with van der Waals surface area (Å²) in [6, 6.07) is 0. The zero-order valence-electron chi connectivity index (χ0n) is 9.91. The van der Waals surface area contributed by atoms with Crippen molar-refractivity contribution in [3.63, 3.8) is 0 Å². The van der Waals surface area contributed by atoms with Gasteiger partial charge >= 0.3 is 0 Å². The minimum atomic E-state index is -0.162. The van der Waals surface area contributed by atoms with E-state index in [1.54, 1.807) is 0 Å². The average Bonchev–Trinajstić information content (AvgIpc) is 2.16. The van der Waals surface area contributed by atoms with Crippen molar-refractivity contribution >= 4 is 12.4 Å². The summed E-state index contributed by atoms with van der Waals surface area (Å²) in [6.45, 7) is 6.41. The fraction of sp³-hybridized carbons (Fsp3) is 1.00. The van der Waals surface area contributed by atoms with Crippen LogP contribution in [0.2, 0.25) is 0 Å². The van der Waals surface area contributed by atoms with Crippen LogP contribution in [0.4, 0.5) is 0 Å². The number of rotatable bonds is 5. The second kappa shape index (κ2) is 8.34. The Morgan fingerprint density at radius 3 is 2.53 bits per heavy atom. The summed E-state index contributed by atoms with van der Waals surface area (Å²) in [4.78, 5) is 2.35. The molecule has 1 fully saturated rings. The number of aliphatic hydroxyl groups excluding tert-OH is 1. The Balaban J connectivity index is 0.00000196. The van der Waals surface area contributed by atoms with Crippen molar-refractivity contribution in [1.82, 2.24) is 10.2 Å². The van der Waals surface area contributed by atoms with Crippen LogP contribution in [-0.2, 0) is 0 Å². The SMILES string of the molecule is CC(O)CCN(C)CC1CCNCC1.Cl. The van der Waals surface area contributed by atoms with E-state index in [1.165, 1.54) is 32.5 Å². The van der Waals surface area contributed by atoms with E-state index in [-0.39, 0.29) is 18.5 Å². The summed E-state index contributed by atoms with van der Waals surface area (Å²) in [6.07, 6.45) is 3.34. The zero-order valence-corrected chi connectivity index (χ0v) is 10.7. The second-order valence-corrected chi connectivity index (χ2v) is 4.59. The van der Waals surface area contributed by atoms with E-state index in [4.69, 9.17) is 0 Å². The molecule has 0 saturated carbocycles. The normalized spacial score (nSPS) is 20.0. The number of hydrogen-bond donors (Lipinski definition) is 2. The van der Waals surface area contributed by atoms with Crippen LogP contribution in [0.15, 0.2) is 0 Å². The summed E-state index contributed by atoms with van der Waals surface area (Å²) in [5.41, 5.74) is 0. The first-order valence-corrected chi connectivity index (χ1v) is 5.76. The third-order valence-corrected chi connectivity index (χ3v) is 2.96. The summed E-state index contributed by atoms with van der Waals surface area (Å²) >= 11 is 0. The fourth-order valence-corrected chi connectivity index (χ4v) is 2.00. The van der Waals surface area contributed by atoms with Crippen molar-refractivity contribution in [2.45, 2.75) is 32.3 Å². The Morgan fingerprint density at radius 2 is 2.00 bits per heavy atom. The molecule has 0 bridgehead atoms. The molecular weight excluding hydrogens is 212 g/mol. The summed E-state index contributed by atoms with van der Waals surface area (Å²) < 4.78 is 0. The molecule has 1 saturated heterocycles. The minimum absolute atomic E-state index is 0. The van der Waals surface area contributed by atoms with Gasteiger partial charge in [0.25, 0.3) is 0 Å². The van der Waals surface area contributed by atoms with Crippen molar-refractivity contribution in [2.75, 3.05) is 33.2 Å². The largest absolute Gasteiger partial charge is 0.393 e. The van der Waals surface area contributed by atoms with Gasteiger partial charge in [-0.05, 0) is 52.2 Å². The van der Waals surface area contributed by atoms with Crippen LogP contribution in [0, 0.1) is 5.92 Å². The number of piperidine rings is 1. The second-order valence-electron chi connectivity index (χ2n) is 4.59. The van der Waals surface area contributed by atoms with Crippen LogP contribution in [0.3, 0.4) is 0 Å². The molecule has 3 nitrogen and oxygen atoms in total. The van der Waals surface area contributed by atoms with Crippen molar-refractivity contribution < 1.29 is 5.11 Å². The maximum Gasteiger partial charge on any atom is 0.0524 e. The smallest absolute Gasteiger partial charge is 0.0524 e. The van der Waals surface area contributed by atoms with E-state index in [9.17, 15) is 5.11 Å². The standard InChI is InChI=1S/C11H24N2O.ClH/c1-10(14)5-8-13(2)9-11-3-6-12-7-4-11;/h10-12,14H,3-9H2,1-2H3;1H. The van der Waals surface area contributed by atoms with E-state index in [1.807, 2.05) is 6.92 Å². The molecule has 2 N–H and O–H groups in total. The van der Waals surface area contributed by atoms with E-state index < -0.39 is 0 Å². The molecule has 0 radical (unpaired) electrons. The van der Waals surface area contributed by atoms with Crippen molar-refractivity contribution in [3.05, 3.63) is 0 Å². The molecule has 1 rings (SSSR count). The first kappa shape index (κ1) is 15.2. The number of hydrogen-bond acceptors (Lipinski definition) is 3. The fourth-order valence-electron chi connectivity index (χ4n) is 2.00. The van der Waals surface area contributed by atoms with Gasteiger partial charge in [0.05, 0.1) is 6.10 Å². The Hall–Kier alpha value is 0.170. The third kappa shape index (κ3) is 7.12. The highest BCUT2D eigenvalue weighted by Crippen LogP contribution is 2.12. The lowest BCUT2D eigenvalue weighted by Crippen LogP contribution is -2.35. The third-order valence-electron chi connectivity index (χ3n) is 2.96. The molecule has 1 unspecified atom stereocenters. The minimum Gasteiger partial charge on any atom is -0.393 e. The predicted octanol–water partition coefficient (Wildman–Crippen LogP) is 1.11. The molecule has 0 aromatic carbocycles. The van der Waals surface area contributed by atoms with E-state index in [2.05, 4.69) is 17.3 Å². The molecule has 0 spiro atoms.